The van der Waals surface area contributed by atoms with E-state index in [2.05, 4.69) is 15.2 Å². The molecule has 2 aromatic rings. The number of nitrogens with zero attached hydrogens (tertiary/aromatic N) is 3. The van der Waals surface area contributed by atoms with Crippen molar-refractivity contribution < 1.29 is 8.42 Å². The first-order valence-corrected chi connectivity index (χ1v) is 10.2. The van der Waals surface area contributed by atoms with Crippen LogP contribution in [0.5, 0.6) is 0 Å². The number of hydrogen-bond acceptors (Lipinski definition) is 6. The molecule has 3 heterocycles. The van der Waals surface area contributed by atoms with Crippen molar-refractivity contribution in [2.45, 2.75) is 17.4 Å². The van der Waals surface area contributed by atoms with Gasteiger partial charge in [0, 0.05) is 45.3 Å². The van der Waals surface area contributed by atoms with E-state index >= 15 is 0 Å². The van der Waals surface area contributed by atoms with Gasteiger partial charge in [0.15, 0.2) is 0 Å². The summed E-state index contributed by atoms with van der Waals surface area (Å²) in [5.41, 5.74) is 2.60. The molecule has 2 fully saturated rings. The molecule has 1 aromatic heterocycles. The Morgan fingerprint density at radius 3 is 2.87 bits per heavy atom. The number of aromatic nitrogens is 1. The molecule has 2 aliphatic rings. The van der Waals surface area contributed by atoms with E-state index in [0.29, 0.717) is 24.0 Å². The van der Waals surface area contributed by atoms with E-state index in [0.717, 1.165) is 42.8 Å². The predicted molar refractivity (Wildman–Crippen MR) is 91.2 cm³/mol. The first-order valence-electron chi connectivity index (χ1n) is 7.93. The average molecular weight is 352 g/mol. The van der Waals surface area contributed by atoms with Crippen LogP contribution in [0.15, 0.2) is 28.6 Å². The van der Waals surface area contributed by atoms with Gasteiger partial charge < -0.3 is 5.32 Å². The van der Waals surface area contributed by atoms with Crippen molar-refractivity contribution in [2.24, 2.45) is 0 Å². The Bertz CT molecular complexity index is 799. The first-order chi connectivity index (χ1) is 11.1. The van der Waals surface area contributed by atoms with Crippen LogP contribution in [0.4, 0.5) is 0 Å². The lowest BCUT2D eigenvalue weighted by atomic mass is 10.2. The minimum absolute atomic E-state index is 0.346. The van der Waals surface area contributed by atoms with E-state index in [1.54, 1.807) is 28.0 Å². The van der Waals surface area contributed by atoms with E-state index in [1.165, 1.54) is 11.3 Å². The lowest BCUT2D eigenvalue weighted by molar-refractivity contribution is 0.179. The molecule has 1 atom stereocenters. The summed E-state index contributed by atoms with van der Waals surface area (Å²) in [6, 6.07) is 5.57. The van der Waals surface area contributed by atoms with Gasteiger partial charge in [-0.2, -0.15) is 4.31 Å². The van der Waals surface area contributed by atoms with E-state index in [-0.39, 0.29) is 0 Å². The second-order valence-corrected chi connectivity index (χ2v) is 8.90. The molecular formula is C15H20N4O2S2. The van der Waals surface area contributed by atoms with Crippen molar-refractivity contribution in [2.75, 3.05) is 39.3 Å². The van der Waals surface area contributed by atoms with Gasteiger partial charge >= 0.3 is 0 Å². The van der Waals surface area contributed by atoms with Crippen LogP contribution in [0, 0.1) is 0 Å². The zero-order valence-electron chi connectivity index (χ0n) is 12.8. The molecule has 2 saturated heterocycles. The molecule has 8 heteroatoms. The van der Waals surface area contributed by atoms with Gasteiger partial charge in [-0.3, -0.25) is 4.90 Å². The third-order valence-corrected chi connectivity index (χ3v) is 7.39. The van der Waals surface area contributed by atoms with Crippen LogP contribution in [0.25, 0.3) is 10.2 Å². The Hall–Kier alpha value is -1.06. The molecule has 2 aliphatic heterocycles. The third kappa shape index (κ3) is 2.89. The smallest absolute Gasteiger partial charge is 0.243 e. The van der Waals surface area contributed by atoms with Crippen molar-refractivity contribution >= 4 is 31.6 Å². The molecule has 0 amide bonds. The Labute approximate surface area is 140 Å². The SMILES string of the molecule is O=S(=O)(c1ccc2ncsc2c1)N1CCC(N2CCNCC2)C1. The molecule has 0 bridgehead atoms. The fourth-order valence-electron chi connectivity index (χ4n) is 3.42. The summed E-state index contributed by atoms with van der Waals surface area (Å²) in [4.78, 5) is 7.01. The molecule has 1 unspecified atom stereocenters. The van der Waals surface area contributed by atoms with Crippen LogP contribution >= 0.6 is 11.3 Å². The van der Waals surface area contributed by atoms with Crippen molar-refractivity contribution in [1.29, 1.82) is 0 Å². The molecule has 0 aliphatic carbocycles. The van der Waals surface area contributed by atoms with Gasteiger partial charge in [0.1, 0.15) is 0 Å². The van der Waals surface area contributed by atoms with Crippen LogP contribution in [0.1, 0.15) is 6.42 Å². The Kier molecular flexibility index (Phi) is 4.10. The van der Waals surface area contributed by atoms with Crippen molar-refractivity contribution in [3.05, 3.63) is 23.7 Å². The van der Waals surface area contributed by atoms with Crippen molar-refractivity contribution in [1.82, 2.24) is 19.5 Å². The molecule has 6 nitrogen and oxygen atoms in total. The van der Waals surface area contributed by atoms with Gasteiger partial charge in [0.25, 0.3) is 0 Å². The maximum absolute atomic E-state index is 12.9. The highest BCUT2D eigenvalue weighted by molar-refractivity contribution is 7.89. The lowest BCUT2D eigenvalue weighted by Gasteiger charge is -2.32. The zero-order valence-corrected chi connectivity index (χ0v) is 14.4. The molecule has 0 saturated carbocycles. The number of fused-ring (bicyclic) bond motifs is 1. The molecule has 4 rings (SSSR count). The minimum Gasteiger partial charge on any atom is -0.314 e. The highest BCUT2D eigenvalue weighted by Gasteiger charge is 2.35. The number of sulfonamides is 1. The fraction of sp³-hybridized carbons (Fsp3) is 0.533. The van der Waals surface area contributed by atoms with Gasteiger partial charge in [0.05, 0.1) is 20.6 Å². The quantitative estimate of drug-likeness (QED) is 0.891. The highest BCUT2D eigenvalue weighted by atomic mass is 32.2. The summed E-state index contributed by atoms with van der Waals surface area (Å²) in [5.74, 6) is 0. The minimum atomic E-state index is -3.41. The van der Waals surface area contributed by atoms with E-state index in [9.17, 15) is 8.42 Å². The van der Waals surface area contributed by atoms with Crippen LogP contribution < -0.4 is 5.32 Å². The summed E-state index contributed by atoms with van der Waals surface area (Å²) < 4.78 is 28.4. The summed E-state index contributed by atoms with van der Waals surface area (Å²) in [5, 5.41) is 3.34. The van der Waals surface area contributed by atoms with Crippen LogP contribution in [0.3, 0.4) is 0 Å². The number of piperazine rings is 1. The molecule has 0 radical (unpaired) electrons. The Morgan fingerprint density at radius 1 is 1.22 bits per heavy atom. The molecule has 1 N–H and O–H groups in total. The van der Waals surface area contributed by atoms with Crippen molar-refractivity contribution in [3.63, 3.8) is 0 Å². The van der Waals surface area contributed by atoms with Crippen molar-refractivity contribution in [3.8, 4) is 0 Å². The third-order valence-electron chi connectivity index (χ3n) is 4.73. The topological polar surface area (TPSA) is 65.5 Å². The van der Waals surface area contributed by atoms with Crippen LogP contribution in [-0.4, -0.2) is 67.9 Å². The average Bonchev–Trinajstić information content (AvgIpc) is 3.24. The number of rotatable bonds is 3. The molecule has 0 spiro atoms. The maximum Gasteiger partial charge on any atom is 0.243 e. The summed E-state index contributed by atoms with van der Waals surface area (Å²) in [7, 11) is -3.41. The number of thiazole rings is 1. The van der Waals surface area contributed by atoms with Gasteiger partial charge in [0.2, 0.25) is 10.0 Å². The first kappa shape index (κ1) is 15.5. The number of nitrogens with one attached hydrogen (secondary N) is 1. The largest absolute Gasteiger partial charge is 0.314 e. The fourth-order valence-corrected chi connectivity index (χ4v) is 5.73. The normalized spacial score (nSPS) is 24.4. The van der Waals surface area contributed by atoms with Gasteiger partial charge in [-0.25, -0.2) is 13.4 Å². The molecule has 1 aromatic carbocycles. The lowest BCUT2D eigenvalue weighted by Crippen LogP contribution is -2.49. The second kappa shape index (κ2) is 6.10. The monoisotopic (exact) mass is 352 g/mol. The number of hydrogen-bond donors (Lipinski definition) is 1. The standard InChI is InChI=1S/C15H20N4O2S2/c20-23(21,13-1-2-14-15(9-13)22-11-17-14)19-6-3-12(10-19)18-7-4-16-5-8-18/h1-2,9,11-12,16H,3-8,10H2. The van der Waals surface area contributed by atoms with Gasteiger partial charge in [-0.1, -0.05) is 0 Å². The van der Waals surface area contributed by atoms with Gasteiger partial charge in [-0.05, 0) is 24.6 Å². The summed E-state index contributed by atoms with van der Waals surface area (Å²) in [6.07, 6.45) is 0.919. The number of benzene rings is 1. The Morgan fingerprint density at radius 2 is 2.04 bits per heavy atom. The zero-order chi connectivity index (χ0) is 15.9. The summed E-state index contributed by atoms with van der Waals surface area (Å²) >= 11 is 1.47. The van der Waals surface area contributed by atoms with E-state index in [1.807, 2.05) is 0 Å². The maximum atomic E-state index is 12.9. The van der Waals surface area contributed by atoms with Crippen LogP contribution in [-0.2, 0) is 10.0 Å². The Balaban J connectivity index is 1.54. The van der Waals surface area contributed by atoms with E-state index < -0.39 is 10.0 Å². The molecular weight excluding hydrogens is 332 g/mol. The highest BCUT2D eigenvalue weighted by Crippen LogP contribution is 2.27. The molecule has 23 heavy (non-hydrogen) atoms. The van der Waals surface area contributed by atoms with Gasteiger partial charge in [-0.15, -0.1) is 11.3 Å². The van der Waals surface area contributed by atoms with E-state index in [4.69, 9.17) is 0 Å². The molecule has 124 valence electrons. The van der Waals surface area contributed by atoms with Crippen LogP contribution in [0.2, 0.25) is 0 Å². The second-order valence-electron chi connectivity index (χ2n) is 6.07. The predicted octanol–water partition coefficient (Wildman–Crippen LogP) is 0.964. The summed E-state index contributed by atoms with van der Waals surface area (Å²) in [6.45, 7) is 5.20.